The van der Waals surface area contributed by atoms with Crippen molar-refractivity contribution in [1.29, 1.82) is 0 Å². The highest BCUT2D eigenvalue weighted by atomic mass is 19.4. The van der Waals surface area contributed by atoms with Crippen LogP contribution in [-0.4, -0.2) is 35.8 Å². The van der Waals surface area contributed by atoms with Crippen molar-refractivity contribution in [3.05, 3.63) is 76.4 Å². The first-order valence-corrected chi connectivity index (χ1v) is 8.15. The quantitative estimate of drug-likeness (QED) is 0.581. The van der Waals surface area contributed by atoms with Crippen LogP contribution >= 0.6 is 0 Å². The number of likely N-dealkylation sites (N-methyl/N-ethyl adjacent to an activating group) is 1. The number of aromatic nitrogens is 1. The minimum absolute atomic E-state index is 0.224. The molecule has 1 aliphatic rings. The van der Waals surface area contributed by atoms with E-state index in [1.54, 1.807) is 37.7 Å². The lowest BCUT2D eigenvalue weighted by molar-refractivity contribution is -0.137. The van der Waals surface area contributed by atoms with Gasteiger partial charge in [-0.25, -0.2) is 4.39 Å². The van der Waals surface area contributed by atoms with E-state index in [9.17, 15) is 22.4 Å². The molecule has 0 atom stereocenters. The summed E-state index contributed by atoms with van der Waals surface area (Å²) < 4.78 is 52.7. The van der Waals surface area contributed by atoms with Crippen LogP contribution in [0.3, 0.4) is 0 Å². The van der Waals surface area contributed by atoms with E-state index in [2.05, 4.69) is 4.98 Å². The summed E-state index contributed by atoms with van der Waals surface area (Å²) in [6.45, 7) is 0.617. The zero-order valence-corrected chi connectivity index (χ0v) is 14.4. The molecule has 0 N–H and O–H groups in total. The van der Waals surface area contributed by atoms with Crippen molar-refractivity contribution in [2.75, 3.05) is 20.1 Å². The molecule has 140 valence electrons. The Morgan fingerprint density at radius 1 is 1.04 bits per heavy atom. The number of halogens is 4. The van der Waals surface area contributed by atoms with Crippen molar-refractivity contribution in [3.63, 3.8) is 0 Å². The minimum atomic E-state index is -4.58. The molecule has 0 unspecified atom stereocenters. The zero-order chi connectivity index (χ0) is 19.6. The van der Waals surface area contributed by atoms with Crippen molar-refractivity contribution in [1.82, 2.24) is 9.88 Å². The van der Waals surface area contributed by atoms with Crippen LogP contribution in [0.15, 0.2) is 53.9 Å². The lowest BCUT2D eigenvalue weighted by Crippen LogP contribution is -2.34. The maximum Gasteiger partial charge on any atom is 0.416 e. The smallest absolute Gasteiger partial charge is 0.298 e. The summed E-state index contributed by atoms with van der Waals surface area (Å²) in [6, 6.07) is 5.65. The van der Waals surface area contributed by atoms with E-state index in [1.165, 1.54) is 6.08 Å². The molecule has 0 saturated carbocycles. The fraction of sp³-hybridized carbons (Fsp3) is 0.200. The summed E-state index contributed by atoms with van der Waals surface area (Å²) in [4.78, 5) is 18.5. The summed E-state index contributed by atoms with van der Waals surface area (Å²) in [5.41, 5.74) is 0.288. The van der Waals surface area contributed by atoms with Crippen molar-refractivity contribution in [2.45, 2.75) is 6.18 Å². The second-order valence-electron chi connectivity index (χ2n) is 6.36. The monoisotopic (exact) mass is 376 g/mol. The first-order chi connectivity index (χ1) is 12.7. The molecule has 7 heteroatoms. The third-order valence-electron chi connectivity index (χ3n) is 4.16. The molecule has 27 heavy (non-hydrogen) atoms. The summed E-state index contributed by atoms with van der Waals surface area (Å²) in [5.74, 6) is -1.11. The van der Waals surface area contributed by atoms with Gasteiger partial charge in [0.1, 0.15) is 5.82 Å². The Kier molecular flexibility index (Phi) is 5.23. The minimum Gasteiger partial charge on any atom is -0.298 e. The van der Waals surface area contributed by atoms with Crippen LogP contribution in [-0.2, 0) is 11.0 Å². The van der Waals surface area contributed by atoms with Gasteiger partial charge in [-0.05, 0) is 55.1 Å². The Hall–Kier alpha value is -2.80. The SMILES string of the molecule is CN1C/C(=C\c2ccncc2)C(=O)/C(=C/c2cc(C(F)(F)F)ccc2F)C1. The number of benzene rings is 1. The van der Waals surface area contributed by atoms with Gasteiger partial charge in [0.05, 0.1) is 5.56 Å². The molecule has 1 aromatic heterocycles. The average molecular weight is 376 g/mol. The number of hydrogen-bond acceptors (Lipinski definition) is 3. The molecular formula is C20H16F4N2O. The van der Waals surface area contributed by atoms with Crippen molar-refractivity contribution in [3.8, 4) is 0 Å². The van der Waals surface area contributed by atoms with Gasteiger partial charge in [-0.2, -0.15) is 13.2 Å². The highest BCUT2D eigenvalue weighted by molar-refractivity contribution is 6.14. The maximum atomic E-state index is 14.0. The van der Waals surface area contributed by atoms with E-state index in [0.717, 1.165) is 17.7 Å². The van der Waals surface area contributed by atoms with Gasteiger partial charge in [-0.15, -0.1) is 0 Å². The molecule has 1 saturated heterocycles. The zero-order valence-electron chi connectivity index (χ0n) is 14.4. The van der Waals surface area contributed by atoms with Crippen molar-refractivity contribution in [2.24, 2.45) is 0 Å². The Labute approximate surface area is 153 Å². The van der Waals surface area contributed by atoms with Crippen LogP contribution in [0, 0.1) is 5.82 Å². The van der Waals surface area contributed by atoms with Crippen molar-refractivity contribution < 1.29 is 22.4 Å². The van der Waals surface area contributed by atoms with Gasteiger partial charge < -0.3 is 0 Å². The summed E-state index contributed by atoms with van der Waals surface area (Å²) in [6.07, 6.45) is 1.51. The van der Waals surface area contributed by atoms with Crippen LogP contribution < -0.4 is 0 Å². The number of ketones is 1. The highest BCUT2D eigenvalue weighted by Crippen LogP contribution is 2.31. The number of likely N-dealkylation sites (tertiary alicyclic amines) is 1. The normalized spacial score (nSPS) is 19.1. The largest absolute Gasteiger partial charge is 0.416 e. The van der Waals surface area contributed by atoms with Crippen molar-refractivity contribution >= 4 is 17.9 Å². The topological polar surface area (TPSA) is 33.2 Å². The molecule has 0 spiro atoms. The first-order valence-electron chi connectivity index (χ1n) is 8.15. The van der Waals surface area contributed by atoms with Gasteiger partial charge in [0, 0.05) is 42.2 Å². The molecular weight excluding hydrogens is 360 g/mol. The van der Waals surface area contributed by atoms with E-state index < -0.39 is 17.6 Å². The molecule has 1 aliphatic heterocycles. The number of carbonyl (C=O) groups excluding carboxylic acids is 1. The molecule has 0 aliphatic carbocycles. The number of hydrogen-bond donors (Lipinski definition) is 0. The third kappa shape index (κ3) is 4.49. The molecule has 0 amide bonds. The summed E-state index contributed by atoms with van der Waals surface area (Å²) in [7, 11) is 1.78. The molecule has 2 aromatic rings. The van der Waals surface area contributed by atoms with Crippen LogP contribution in [0.2, 0.25) is 0 Å². The predicted octanol–water partition coefficient (Wildman–Crippen LogP) is 4.22. The van der Waals surface area contributed by atoms with E-state index in [4.69, 9.17) is 0 Å². The van der Waals surface area contributed by atoms with Crippen LogP contribution in [0.4, 0.5) is 17.6 Å². The highest BCUT2D eigenvalue weighted by Gasteiger charge is 2.31. The lowest BCUT2D eigenvalue weighted by Gasteiger charge is -2.26. The molecule has 3 rings (SSSR count). The second kappa shape index (κ2) is 7.44. The molecule has 1 aromatic carbocycles. The predicted molar refractivity (Wildman–Crippen MR) is 94.1 cm³/mol. The molecule has 1 fully saturated rings. The fourth-order valence-electron chi connectivity index (χ4n) is 2.89. The Balaban J connectivity index is 1.99. The third-order valence-corrected chi connectivity index (χ3v) is 4.16. The van der Waals surface area contributed by atoms with Gasteiger partial charge in [-0.3, -0.25) is 14.7 Å². The Morgan fingerprint density at radius 2 is 1.67 bits per heavy atom. The van der Waals surface area contributed by atoms with Crippen LogP contribution in [0.25, 0.3) is 12.2 Å². The number of nitrogens with zero attached hydrogens (tertiary/aromatic N) is 2. The van der Waals surface area contributed by atoms with E-state index in [1.807, 2.05) is 4.90 Å². The first kappa shape index (κ1) is 19.0. The number of rotatable bonds is 2. The molecule has 0 radical (unpaired) electrons. The van der Waals surface area contributed by atoms with E-state index in [0.29, 0.717) is 18.2 Å². The summed E-state index contributed by atoms with van der Waals surface area (Å²) in [5, 5.41) is 0. The van der Waals surface area contributed by atoms with Gasteiger partial charge >= 0.3 is 6.18 Å². The van der Waals surface area contributed by atoms with Gasteiger partial charge in [0.2, 0.25) is 0 Å². The Morgan fingerprint density at radius 3 is 2.30 bits per heavy atom. The number of piperidine rings is 1. The number of carbonyl (C=O) groups is 1. The number of Topliss-reactive ketones (excluding diaryl/α,β-unsaturated/α-hetero) is 1. The maximum absolute atomic E-state index is 14.0. The lowest BCUT2D eigenvalue weighted by atomic mass is 9.94. The fourth-order valence-corrected chi connectivity index (χ4v) is 2.89. The standard InChI is InChI=1S/C20H16F4N2O/c1-26-11-15(8-13-4-6-25-7-5-13)19(27)16(12-26)9-14-10-17(20(22,23)24)2-3-18(14)21/h2-10H,11-12H2,1H3/b15-8+,16-9+. The van der Waals surface area contributed by atoms with Gasteiger partial charge in [0.25, 0.3) is 0 Å². The van der Waals surface area contributed by atoms with Gasteiger partial charge in [0.15, 0.2) is 5.78 Å². The molecule has 2 heterocycles. The molecule has 0 bridgehead atoms. The second-order valence-corrected chi connectivity index (χ2v) is 6.36. The van der Waals surface area contributed by atoms with Gasteiger partial charge in [-0.1, -0.05) is 0 Å². The van der Waals surface area contributed by atoms with E-state index in [-0.39, 0.29) is 23.5 Å². The van der Waals surface area contributed by atoms with E-state index >= 15 is 0 Å². The summed E-state index contributed by atoms with van der Waals surface area (Å²) >= 11 is 0. The number of alkyl halides is 3. The average Bonchev–Trinajstić information content (AvgIpc) is 2.60. The van der Waals surface area contributed by atoms with Crippen LogP contribution in [0.1, 0.15) is 16.7 Å². The van der Waals surface area contributed by atoms with Crippen LogP contribution in [0.5, 0.6) is 0 Å². The Bertz CT molecular complexity index is 917. The molecule has 3 nitrogen and oxygen atoms in total. The number of pyridine rings is 1.